The van der Waals surface area contributed by atoms with Crippen molar-refractivity contribution < 1.29 is 0 Å². The van der Waals surface area contributed by atoms with Crippen molar-refractivity contribution in [3.63, 3.8) is 0 Å². The van der Waals surface area contributed by atoms with Crippen LogP contribution in [0, 0.1) is 6.92 Å². The van der Waals surface area contributed by atoms with E-state index in [1.807, 2.05) is 6.20 Å². The third-order valence-corrected chi connectivity index (χ3v) is 4.12. The summed E-state index contributed by atoms with van der Waals surface area (Å²) in [5.74, 6) is 1.16. The largest absolute Gasteiger partial charge is 0.352 e. The quantitative estimate of drug-likeness (QED) is 0.816. The first kappa shape index (κ1) is 11.0. The van der Waals surface area contributed by atoms with Crippen LogP contribution in [-0.4, -0.2) is 32.8 Å². The second kappa shape index (κ2) is 4.05. The first-order valence-corrected chi connectivity index (χ1v) is 6.90. The van der Waals surface area contributed by atoms with E-state index < -0.39 is 0 Å². The summed E-state index contributed by atoms with van der Waals surface area (Å²) in [6, 6.07) is 0.487. The summed E-state index contributed by atoms with van der Waals surface area (Å²) in [5, 5.41) is 4.40. The summed E-state index contributed by atoms with van der Waals surface area (Å²) in [5.41, 5.74) is 3.85. The summed E-state index contributed by atoms with van der Waals surface area (Å²) >= 11 is 0. The summed E-state index contributed by atoms with van der Waals surface area (Å²) in [6.45, 7) is 4.09. The summed E-state index contributed by atoms with van der Waals surface area (Å²) < 4.78 is 2.08. The number of fused-ring (bicyclic) bond motifs is 1. The molecule has 2 aromatic heterocycles. The standard InChI is InChI=1S/C14H17N5/c1-10-5-17-19(6-10)11-7-18(8-11)14-12-3-2-4-13(12)15-9-16-14/h5-6,9,11H,2-4,7-8H2,1H3. The number of rotatable bonds is 2. The highest BCUT2D eigenvalue weighted by molar-refractivity contribution is 5.52. The predicted molar refractivity (Wildman–Crippen MR) is 72.3 cm³/mol. The molecule has 0 spiro atoms. The van der Waals surface area contributed by atoms with E-state index in [-0.39, 0.29) is 0 Å². The molecule has 0 aromatic carbocycles. The lowest BCUT2D eigenvalue weighted by Crippen LogP contribution is -2.48. The molecule has 98 valence electrons. The van der Waals surface area contributed by atoms with Gasteiger partial charge in [0.2, 0.25) is 0 Å². The molecule has 3 heterocycles. The van der Waals surface area contributed by atoms with Crippen LogP contribution in [0.3, 0.4) is 0 Å². The van der Waals surface area contributed by atoms with Crippen LogP contribution in [0.15, 0.2) is 18.7 Å². The lowest BCUT2D eigenvalue weighted by Gasteiger charge is -2.40. The number of aryl methyl sites for hydroxylation is 2. The first-order chi connectivity index (χ1) is 9.31. The van der Waals surface area contributed by atoms with E-state index in [4.69, 9.17) is 0 Å². The van der Waals surface area contributed by atoms with Gasteiger partial charge in [0.05, 0.1) is 12.2 Å². The number of anilines is 1. The Labute approximate surface area is 112 Å². The van der Waals surface area contributed by atoms with Crippen molar-refractivity contribution >= 4 is 5.82 Å². The predicted octanol–water partition coefficient (Wildman–Crippen LogP) is 1.53. The van der Waals surface area contributed by atoms with Crippen LogP contribution in [0.2, 0.25) is 0 Å². The van der Waals surface area contributed by atoms with Gasteiger partial charge in [0, 0.05) is 30.5 Å². The third kappa shape index (κ3) is 1.72. The first-order valence-electron chi connectivity index (χ1n) is 6.90. The minimum absolute atomic E-state index is 0.487. The number of nitrogens with zero attached hydrogens (tertiary/aromatic N) is 5. The molecule has 0 N–H and O–H groups in total. The van der Waals surface area contributed by atoms with E-state index in [0.29, 0.717) is 6.04 Å². The van der Waals surface area contributed by atoms with Crippen molar-refractivity contribution in [2.75, 3.05) is 18.0 Å². The Morgan fingerprint density at radius 1 is 1.21 bits per heavy atom. The summed E-state index contributed by atoms with van der Waals surface area (Å²) in [4.78, 5) is 11.2. The Kier molecular flexibility index (Phi) is 2.33. The summed E-state index contributed by atoms with van der Waals surface area (Å²) in [7, 11) is 0. The molecule has 5 nitrogen and oxygen atoms in total. The Morgan fingerprint density at radius 2 is 2.11 bits per heavy atom. The lowest BCUT2D eigenvalue weighted by atomic mass is 10.1. The molecule has 5 heteroatoms. The van der Waals surface area contributed by atoms with E-state index >= 15 is 0 Å². The van der Waals surface area contributed by atoms with Gasteiger partial charge in [-0.05, 0) is 31.7 Å². The zero-order chi connectivity index (χ0) is 12.8. The van der Waals surface area contributed by atoms with Crippen LogP contribution in [0.5, 0.6) is 0 Å². The monoisotopic (exact) mass is 255 g/mol. The molecule has 4 rings (SSSR count). The average molecular weight is 255 g/mol. The van der Waals surface area contributed by atoms with Crippen LogP contribution in [-0.2, 0) is 12.8 Å². The molecular formula is C14H17N5. The van der Waals surface area contributed by atoms with Crippen LogP contribution in [0.1, 0.15) is 29.3 Å². The summed E-state index contributed by atoms with van der Waals surface area (Å²) in [6.07, 6.45) is 9.22. The van der Waals surface area contributed by atoms with E-state index in [0.717, 1.165) is 31.7 Å². The van der Waals surface area contributed by atoms with E-state index in [1.54, 1.807) is 6.33 Å². The van der Waals surface area contributed by atoms with Gasteiger partial charge in [0.15, 0.2) is 0 Å². The normalized spacial score (nSPS) is 18.5. The smallest absolute Gasteiger partial charge is 0.135 e. The van der Waals surface area contributed by atoms with Gasteiger partial charge in [-0.3, -0.25) is 4.68 Å². The molecule has 1 aliphatic heterocycles. The van der Waals surface area contributed by atoms with Crippen LogP contribution >= 0.6 is 0 Å². The average Bonchev–Trinajstić information content (AvgIpc) is 2.96. The molecule has 0 radical (unpaired) electrons. The van der Waals surface area contributed by atoms with Crippen LogP contribution in [0.25, 0.3) is 0 Å². The van der Waals surface area contributed by atoms with Gasteiger partial charge in [0.1, 0.15) is 12.1 Å². The van der Waals surface area contributed by atoms with Crippen molar-refractivity contribution in [3.05, 3.63) is 35.5 Å². The highest BCUT2D eigenvalue weighted by Crippen LogP contribution is 2.33. The SMILES string of the molecule is Cc1cnn(C2CN(c3ncnc4c3CCC4)C2)c1. The second-order valence-corrected chi connectivity index (χ2v) is 5.53. The molecule has 0 unspecified atom stereocenters. The van der Waals surface area contributed by atoms with Gasteiger partial charge in [-0.25, -0.2) is 9.97 Å². The van der Waals surface area contributed by atoms with Gasteiger partial charge >= 0.3 is 0 Å². The fraction of sp³-hybridized carbons (Fsp3) is 0.500. The lowest BCUT2D eigenvalue weighted by molar-refractivity contribution is 0.365. The third-order valence-electron chi connectivity index (χ3n) is 4.12. The molecule has 2 aromatic rings. The molecular weight excluding hydrogens is 238 g/mol. The topological polar surface area (TPSA) is 46.8 Å². The van der Waals surface area contributed by atoms with Crippen molar-refractivity contribution in [2.24, 2.45) is 0 Å². The Bertz CT molecular complexity index is 612. The maximum absolute atomic E-state index is 4.49. The fourth-order valence-corrected chi connectivity index (χ4v) is 3.04. The van der Waals surface area contributed by atoms with Gasteiger partial charge in [-0.15, -0.1) is 0 Å². The zero-order valence-electron chi connectivity index (χ0n) is 11.1. The molecule has 2 aliphatic rings. The molecule has 0 saturated carbocycles. The molecule has 0 amide bonds. The minimum atomic E-state index is 0.487. The van der Waals surface area contributed by atoms with Gasteiger partial charge in [-0.1, -0.05) is 0 Å². The molecule has 1 fully saturated rings. The Hall–Kier alpha value is -1.91. The second-order valence-electron chi connectivity index (χ2n) is 5.53. The van der Waals surface area contributed by atoms with Crippen LogP contribution in [0.4, 0.5) is 5.82 Å². The van der Waals surface area contributed by atoms with Crippen molar-refractivity contribution in [1.82, 2.24) is 19.7 Å². The van der Waals surface area contributed by atoms with E-state index in [9.17, 15) is 0 Å². The maximum Gasteiger partial charge on any atom is 0.135 e. The van der Waals surface area contributed by atoms with Gasteiger partial charge in [0.25, 0.3) is 0 Å². The van der Waals surface area contributed by atoms with Crippen LogP contribution < -0.4 is 4.90 Å². The molecule has 19 heavy (non-hydrogen) atoms. The number of hydrogen-bond acceptors (Lipinski definition) is 4. The highest BCUT2D eigenvalue weighted by atomic mass is 15.4. The maximum atomic E-state index is 4.49. The van der Waals surface area contributed by atoms with Gasteiger partial charge in [-0.2, -0.15) is 5.10 Å². The van der Waals surface area contributed by atoms with E-state index in [2.05, 4.69) is 37.8 Å². The van der Waals surface area contributed by atoms with Crippen molar-refractivity contribution in [1.29, 1.82) is 0 Å². The molecule has 1 saturated heterocycles. The highest BCUT2D eigenvalue weighted by Gasteiger charge is 2.32. The van der Waals surface area contributed by atoms with E-state index in [1.165, 1.54) is 23.2 Å². The Balaban J connectivity index is 1.53. The number of aromatic nitrogens is 4. The van der Waals surface area contributed by atoms with Crippen molar-refractivity contribution in [2.45, 2.75) is 32.2 Å². The Morgan fingerprint density at radius 3 is 2.89 bits per heavy atom. The molecule has 1 aliphatic carbocycles. The number of hydrogen-bond donors (Lipinski definition) is 0. The molecule has 0 bridgehead atoms. The molecule has 0 atom stereocenters. The fourth-order valence-electron chi connectivity index (χ4n) is 3.04. The van der Waals surface area contributed by atoms with Gasteiger partial charge < -0.3 is 4.90 Å². The minimum Gasteiger partial charge on any atom is -0.352 e. The zero-order valence-corrected chi connectivity index (χ0v) is 11.1. The van der Waals surface area contributed by atoms with Crippen molar-refractivity contribution in [3.8, 4) is 0 Å².